The summed E-state index contributed by atoms with van der Waals surface area (Å²) in [5.74, 6) is -1.68. The smallest absolute Gasteiger partial charge is 0.337 e. The molecule has 0 aliphatic heterocycles. The van der Waals surface area contributed by atoms with E-state index in [1.165, 1.54) is 7.11 Å². The molecule has 0 unspecified atom stereocenters. The van der Waals surface area contributed by atoms with Gasteiger partial charge in [0.05, 0.1) is 7.11 Å². The van der Waals surface area contributed by atoms with E-state index in [4.69, 9.17) is 0 Å². The fourth-order valence-electron chi connectivity index (χ4n) is 0.846. The standard InChI is InChI=1S/C10H14O5/c1-3-8(11)15-10(13)7-5-4-6-9(12)14-2/h3H,1,4-7H2,2H3. The van der Waals surface area contributed by atoms with Gasteiger partial charge in [-0.25, -0.2) is 4.79 Å². The zero-order chi connectivity index (χ0) is 11.7. The summed E-state index contributed by atoms with van der Waals surface area (Å²) in [6.07, 6.45) is 2.31. The molecular formula is C10H14O5. The predicted molar refractivity (Wildman–Crippen MR) is 51.8 cm³/mol. The maximum Gasteiger partial charge on any atom is 0.337 e. The summed E-state index contributed by atoms with van der Waals surface area (Å²) in [6.45, 7) is 3.16. The molecule has 0 saturated carbocycles. The van der Waals surface area contributed by atoms with Gasteiger partial charge in [-0.2, -0.15) is 0 Å². The van der Waals surface area contributed by atoms with Crippen molar-refractivity contribution in [2.24, 2.45) is 0 Å². The van der Waals surface area contributed by atoms with Crippen molar-refractivity contribution in [3.63, 3.8) is 0 Å². The predicted octanol–water partition coefficient (Wildman–Crippen LogP) is 0.976. The lowest BCUT2D eigenvalue weighted by Gasteiger charge is -2.00. The topological polar surface area (TPSA) is 69.7 Å². The molecule has 0 fully saturated rings. The van der Waals surface area contributed by atoms with E-state index < -0.39 is 11.9 Å². The Balaban J connectivity index is 3.51. The molecule has 84 valence electrons. The number of esters is 3. The molecule has 0 aromatic carbocycles. The van der Waals surface area contributed by atoms with Gasteiger partial charge >= 0.3 is 17.9 Å². The first-order chi connectivity index (χ1) is 7.10. The minimum atomic E-state index is -0.757. The molecule has 0 aliphatic carbocycles. The van der Waals surface area contributed by atoms with Crippen LogP contribution in [0.2, 0.25) is 0 Å². The van der Waals surface area contributed by atoms with Gasteiger partial charge in [0.25, 0.3) is 0 Å². The van der Waals surface area contributed by atoms with E-state index in [2.05, 4.69) is 16.1 Å². The Bertz CT molecular complexity index is 257. The van der Waals surface area contributed by atoms with Crippen LogP contribution in [0.3, 0.4) is 0 Å². The van der Waals surface area contributed by atoms with Gasteiger partial charge in [0.15, 0.2) is 0 Å². The highest BCUT2D eigenvalue weighted by Gasteiger charge is 2.07. The fourth-order valence-corrected chi connectivity index (χ4v) is 0.846. The number of carbonyl (C=O) groups is 3. The van der Waals surface area contributed by atoms with Crippen molar-refractivity contribution in [1.82, 2.24) is 0 Å². The van der Waals surface area contributed by atoms with E-state index in [1.54, 1.807) is 0 Å². The summed E-state index contributed by atoms with van der Waals surface area (Å²) in [5, 5.41) is 0. The number of methoxy groups -OCH3 is 1. The molecule has 15 heavy (non-hydrogen) atoms. The molecular weight excluding hydrogens is 200 g/mol. The molecule has 0 saturated heterocycles. The van der Waals surface area contributed by atoms with Gasteiger partial charge in [-0.1, -0.05) is 6.58 Å². The molecule has 0 rings (SSSR count). The minimum Gasteiger partial charge on any atom is -0.469 e. The van der Waals surface area contributed by atoms with Crippen LogP contribution >= 0.6 is 0 Å². The van der Waals surface area contributed by atoms with Gasteiger partial charge in [-0.3, -0.25) is 9.59 Å². The number of carbonyl (C=O) groups excluding carboxylic acids is 3. The second-order valence-corrected chi connectivity index (χ2v) is 2.78. The summed E-state index contributed by atoms with van der Waals surface area (Å²) >= 11 is 0. The molecule has 0 heterocycles. The Hall–Kier alpha value is -1.65. The molecule has 0 aromatic rings. The molecule has 0 N–H and O–H groups in total. The van der Waals surface area contributed by atoms with E-state index in [9.17, 15) is 14.4 Å². The fraction of sp³-hybridized carbons (Fsp3) is 0.500. The quantitative estimate of drug-likeness (QED) is 0.285. The molecule has 5 nitrogen and oxygen atoms in total. The summed E-state index contributed by atoms with van der Waals surface area (Å²) in [4.78, 5) is 32.2. The normalized spacial score (nSPS) is 9.13. The summed E-state index contributed by atoms with van der Waals surface area (Å²) < 4.78 is 8.74. The van der Waals surface area contributed by atoms with Crippen LogP contribution in [-0.2, 0) is 23.9 Å². The molecule has 0 bridgehead atoms. The van der Waals surface area contributed by atoms with Gasteiger partial charge in [0, 0.05) is 18.9 Å². The highest BCUT2D eigenvalue weighted by atomic mass is 16.6. The van der Waals surface area contributed by atoms with E-state index in [0.717, 1.165) is 6.08 Å². The zero-order valence-electron chi connectivity index (χ0n) is 8.65. The first-order valence-corrected chi connectivity index (χ1v) is 4.54. The van der Waals surface area contributed by atoms with Gasteiger partial charge in [-0.15, -0.1) is 0 Å². The molecule has 5 heteroatoms. The maximum atomic E-state index is 10.9. The SMILES string of the molecule is C=CC(=O)OC(=O)CCCCC(=O)OC. The van der Waals surface area contributed by atoms with Gasteiger partial charge in [0.1, 0.15) is 0 Å². The van der Waals surface area contributed by atoms with E-state index in [0.29, 0.717) is 12.8 Å². The highest BCUT2D eigenvalue weighted by molar-refractivity contribution is 5.91. The number of hydrogen-bond acceptors (Lipinski definition) is 5. The second kappa shape index (κ2) is 7.73. The molecule has 0 amide bonds. The molecule has 0 spiro atoms. The maximum absolute atomic E-state index is 10.9. The average molecular weight is 214 g/mol. The van der Waals surface area contributed by atoms with Crippen LogP contribution in [0.25, 0.3) is 0 Å². The third-order valence-electron chi connectivity index (χ3n) is 1.62. The highest BCUT2D eigenvalue weighted by Crippen LogP contribution is 2.02. The van der Waals surface area contributed by atoms with Crippen LogP contribution in [0, 0.1) is 0 Å². The number of rotatable bonds is 6. The second-order valence-electron chi connectivity index (χ2n) is 2.78. The first kappa shape index (κ1) is 13.4. The van der Waals surface area contributed by atoms with Crippen molar-refractivity contribution in [2.45, 2.75) is 25.7 Å². The van der Waals surface area contributed by atoms with Gasteiger partial charge < -0.3 is 9.47 Å². The van der Waals surface area contributed by atoms with Crippen LogP contribution in [0.5, 0.6) is 0 Å². The van der Waals surface area contributed by atoms with E-state index in [1.807, 2.05) is 0 Å². The molecule has 0 atom stereocenters. The third kappa shape index (κ3) is 7.42. The lowest BCUT2D eigenvalue weighted by atomic mass is 10.2. The largest absolute Gasteiger partial charge is 0.469 e. The van der Waals surface area contributed by atoms with Gasteiger partial charge in [-0.05, 0) is 12.8 Å². The Morgan fingerprint density at radius 2 is 1.67 bits per heavy atom. The van der Waals surface area contributed by atoms with Crippen molar-refractivity contribution in [3.8, 4) is 0 Å². The lowest BCUT2D eigenvalue weighted by molar-refractivity contribution is -0.156. The molecule has 0 aliphatic rings. The Kier molecular flexibility index (Phi) is 6.88. The van der Waals surface area contributed by atoms with Crippen molar-refractivity contribution in [1.29, 1.82) is 0 Å². The number of unbranched alkanes of at least 4 members (excludes halogenated alkanes) is 1. The minimum absolute atomic E-state index is 0.108. The zero-order valence-corrected chi connectivity index (χ0v) is 8.65. The number of hydrogen-bond donors (Lipinski definition) is 0. The summed E-state index contributed by atoms with van der Waals surface area (Å²) in [7, 11) is 1.30. The summed E-state index contributed by atoms with van der Waals surface area (Å²) in [5.41, 5.74) is 0. The Morgan fingerprint density at radius 1 is 1.13 bits per heavy atom. The first-order valence-electron chi connectivity index (χ1n) is 4.54. The molecule has 0 radical (unpaired) electrons. The van der Waals surface area contributed by atoms with Crippen LogP contribution in [0.15, 0.2) is 12.7 Å². The average Bonchev–Trinajstić information content (AvgIpc) is 2.23. The van der Waals surface area contributed by atoms with E-state index >= 15 is 0 Å². The van der Waals surface area contributed by atoms with E-state index in [-0.39, 0.29) is 18.8 Å². The summed E-state index contributed by atoms with van der Waals surface area (Å²) in [6, 6.07) is 0. The van der Waals surface area contributed by atoms with Crippen molar-refractivity contribution >= 4 is 17.9 Å². The monoisotopic (exact) mass is 214 g/mol. The van der Waals surface area contributed by atoms with Crippen LogP contribution in [0.4, 0.5) is 0 Å². The van der Waals surface area contributed by atoms with Crippen molar-refractivity contribution in [2.75, 3.05) is 7.11 Å². The number of ether oxygens (including phenoxy) is 2. The van der Waals surface area contributed by atoms with Crippen molar-refractivity contribution in [3.05, 3.63) is 12.7 Å². The lowest BCUT2D eigenvalue weighted by Crippen LogP contribution is -2.09. The van der Waals surface area contributed by atoms with Crippen molar-refractivity contribution < 1.29 is 23.9 Å². The Labute approximate surface area is 88.0 Å². The van der Waals surface area contributed by atoms with Crippen LogP contribution in [-0.4, -0.2) is 25.0 Å². The third-order valence-corrected chi connectivity index (χ3v) is 1.62. The molecule has 0 aromatic heterocycles. The van der Waals surface area contributed by atoms with Crippen LogP contribution < -0.4 is 0 Å². The Morgan fingerprint density at radius 3 is 2.13 bits per heavy atom. The van der Waals surface area contributed by atoms with Gasteiger partial charge in [0.2, 0.25) is 0 Å². The van der Waals surface area contributed by atoms with Crippen LogP contribution in [0.1, 0.15) is 25.7 Å².